The number of aromatic amines is 1. The molecule has 0 saturated heterocycles. The van der Waals surface area contributed by atoms with Crippen molar-refractivity contribution in [3.8, 4) is 0 Å². The average Bonchev–Trinajstić information content (AvgIpc) is 2.28. The van der Waals surface area contributed by atoms with Crippen LogP contribution in [0.4, 0.5) is 5.69 Å². The molecule has 1 aromatic rings. The van der Waals surface area contributed by atoms with Crippen molar-refractivity contribution in [3.63, 3.8) is 0 Å². The van der Waals surface area contributed by atoms with E-state index in [1.165, 1.54) is 18.0 Å². The predicted octanol–water partition coefficient (Wildman–Crippen LogP) is 0.372. The largest absolute Gasteiger partial charge is 0.478 e. The number of carbonyl (C=O) groups is 2. The Labute approximate surface area is 96.9 Å². The smallest absolute Gasteiger partial charge is 0.337 e. The highest BCUT2D eigenvalue weighted by atomic mass is 16.4. The first-order chi connectivity index (χ1) is 8.02. The maximum Gasteiger partial charge on any atom is 0.337 e. The van der Waals surface area contributed by atoms with E-state index in [9.17, 15) is 14.4 Å². The molecule has 1 aromatic heterocycles. The lowest BCUT2D eigenvalue weighted by Crippen LogP contribution is -2.39. The molecule has 0 fully saturated rings. The molecule has 1 aliphatic rings. The molecule has 6 heteroatoms. The third-order valence-corrected chi connectivity index (χ3v) is 2.86. The van der Waals surface area contributed by atoms with Crippen molar-refractivity contribution in [2.45, 2.75) is 19.8 Å². The van der Waals surface area contributed by atoms with Gasteiger partial charge in [0.05, 0.1) is 5.56 Å². The molecule has 0 atom stereocenters. The van der Waals surface area contributed by atoms with Gasteiger partial charge in [0.1, 0.15) is 5.69 Å². The van der Waals surface area contributed by atoms with E-state index in [0.29, 0.717) is 24.9 Å². The SMILES string of the molecule is CC(=O)N1CCCc2c(C(=O)O)c[nH]c(=O)c21. The molecule has 17 heavy (non-hydrogen) atoms. The zero-order valence-electron chi connectivity index (χ0n) is 9.32. The summed E-state index contributed by atoms with van der Waals surface area (Å²) >= 11 is 0. The summed E-state index contributed by atoms with van der Waals surface area (Å²) in [5.41, 5.74) is 0.275. The van der Waals surface area contributed by atoms with Crippen LogP contribution in [-0.4, -0.2) is 28.5 Å². The lowest BCUT2D eigenvalue weighted by Gasteiger charge is -2.28. The van der Waals surface area contributed by atoms with Crippen LogP contribution in [0.25, 0.3) is 0 Å². The van der Waals surface area contributed by atoms with Crippen LogP contribution in [0.5, 0.6) is 0 Å². The van der Waals surface area contributed by atoms with Gasteiger partial charge in [0.15, 0.2) is 0 Å². The van der Waals surface area contributed by atoms with Crippen LogP contribution in [0.3, 0.4) is 0 Å². The van der Waals surface area contributed by atoms with E-state index in [1.807, 2.05) is 0 Å². The average molecular weight is 236 g/mol. The second-order valence-corrected chi connectivity index (χ2v) is 3.94. The van der Waals surface area contributed by atoms with Gasteiger partial charge in [-0.05, 0) is 18.4 Å². The van der Waals surface area contributed by atoms with Gasteiger partial charge in [-0.25, -0.2) is 4.79 Å². The van der Waals surface area contributed by atoms with E-state index in [0.717, 1.165) is 0 Å². The minimum Gasteiger partial charge on any atom is -0.478 e. The number of pyridine rings is 1. The number of amides is 1. The van der Waals surface area contributed by atoms with Gasteiger partial charge in [0.25, 0.3) is 5.56 Å². The van der Waals surface area contributed by atoms with Crippen LogP contribution in [0.1, 0.15) is 29.3 Å². The van der Waals surface area contributed by atoms with Crippen molar-refractivity contribution in [3.05, 3.63) is 27.7 Å². The third-order valence-electron chi connectivity index (χ3n) is 2.86. The summed E-state index contributed by atoms with van der Waals surface area (Å²) in [6.45, 7) is 1.82. The van der Waals surface area contributed by atoms with E-state index in [1.54, 1.807) is 0 Å². The maximum atomic E-state index is 11.7. The van der Waals surface area contributed by atoms with Crippen molar-refractivity contribution in [2.75, 3.05) is 11.4 Å². The summed E-state index contributed by atoms with van der Waals surface area (Å²) in [7, 11) is 0. The molecule has 2 heterocycles. The minimum absolute atomic E-state index is 0.0607. The Morgan fingerprint density at radius 3 is 2.76 bits per heavy atom. The maximum absolute atomic E-state index is 11.7. The number of carboxylic acid groups (broad SMARTS) is 1. The topological polar surface area (TPSA) is 90.5 Å². The monoisotopic (exact) mass is 236 g/mol. The minimum atomic E-state index is -1.09. The number of hydrogen-bond donors (Lipinski definition) is 2. The Morgan fingerprint density at radius 1 is 1.47 bits per heavy atom. The molecule has 0 aromatic carbocycles. The van der Waals surface area contributed by atoms with E-state index >= 15 is 0 Å². The molecular weight excluding hydrogens is 224 g/mol. The Kier molecular flexibility index (Phi) is 2.71. The van der Waals surface area contributed by atoms with Crippen molar-refractivity contribution in [1.82, 2.24) is 4.98 Å². The zero-order valence-corrected chi connectivity index (χ0v) is 9.32. The van der Waals surface area contributed by atoms with Gasteiger partial charge < -0.3 is 15.0 Å². The van der Waals surface area contributed by atoms with Crippen LogP contribution in [0, 0.1) is 0 Å². The van der Waals surface area contributed by atoms with Gasteiger partial charge in [-0.2, -0.15) is 0 Å². The zero-order chi connectivity index (χ0) is 12.6. The van der Waals surface area contributed by atoms with Gasteiger partial charge >= 0.3 is 5.97 Å². The van der Waals surface area contributed by atoms with Gasteiger partial charge in [-0.1, -0.05) is 0 Å². The first kappa shape index (κ1) is 11.4. The standard InChI is InChI=1S/C11H12N2O4/c1-6(14)13-4-2-3-7-8(11(16)17)5-12-10(15)9(7)13/h5H,2-4H2,1H3,(H,12,15)(H,16,17). The summed E-state index contributed by atoms with van der Waals surface area (Å²) in [5, 5.41) is 9.03. The molecule has 0 saturated carbocycles. The second-order valence-electron chi connectivity index (χ2n) is 3.94. The number of rotatable bonds is 1. The Hall–Kier alpha value is -2.11. The van der Waals surface area contributed by atoms with Gasteiger partial charge in [0, 0.05) is 19.7 Å². The quantitative estimate of drug-likeness (QED) is 0.737. The van der Waals surface area contributed by atoms with Crippen molar-refractivity contribution < 1.29 is 14.7 Å². The molecule has 0 spiro atoms. The van der Waals surface area contributed by atoms with Crippen LogP contribution in [0.15, 0.2) is 11.0 Å². The van der Waals surface area contributed by atoms with E-state index in [4.69, 9.17) is 5.11 Å². The predicted molar refractivity (Wildman–Crippen MR) is 60.4 cm³/mol. The molecular formula is C11H12N2O4. The van der Waals surface area contributed by atoms with Crippen LogP contribution >= 0.6 is 0 Å². The first-order valence-electron chi connectivity index (χ1n) is 5.28. The number of anilines is 1. The number of nitrogens with zero attached hydrogens (tertiary/aromatic N) is 1. The number of nitrogens with one attached hydrogen (secondary N) is 1. The number of aromatic carboxylic acids is 1. The summed E-state index contributed by atoms with van der Waals surface area (Å²) in [5.74, 6) is -1.35. The summed E-state index contributed by atoms with van der Waals surface area (Å²) in [4.78, 5) is 37.9. The highest BCUT2D eigenvalue weighted by Gasteiger charge is 2.27. The Bertz CT molecular complexity index is 547. The molecule has 1 amide bonds. The number of fused-ring (bicyclic) bond motifs is 1. The number of aromatic nitrogens is 1. The lowest BCUT2D eigenvalue weighted by molar-refractivity contribution is -0.116. The molecule has 0 radical (unpaired) electrons. The van der Waals surface area contributed by atoms with E-state index < -0.39 is 11.5 Å². The highest BCUT2D eigenvalue weighted by molar-refractivity contribution is 5.96. The van der Waals surface area contributed by atoms with Crippen LogP contribution in [-0.2, 0) is 11.2 Å². The fourth-order valence-corrected chi connectivity index (χ4v) is 2.13. The number of carbonyl (C=O) groups excluding carboxylic acids is 1. The number of hydrogen-bond acceptors (Lipinski definition) is 3. The summed E-state index contributed by atoms with van der Waals surface area (Å²) < 4.78 is 0. The first-order valence-corrected chi connectivity index (χ1v) is 5.28. The summed E-state index contributed by atoms with van der Waals surface area (Å²) in [6, 6.07) is 0. The number of H-pyrrole nitrogens is 1. The van der Waals surface area contributed by atoms with Crippen molar-refractivity contribution >= 4 is 17.6 Å². The van der Waals surface area contributed by atoms with Crippen LogP contribution < -0.4 is 10.5 Å². The summed E-state index contributed by atoms with van der Waals surface area (Å²) in [6.07, 6.45) is 2.36. The van der Waals surface area contributed by atoms with Gasteiger partial charge in [-0.3, -0.25) is 9.59 Å². The van der Waals surface area contributed by atoms with Crippen molar-refractivity contribution in [1.29, 1.82) is 0 Å². The molecule has 90 valence electrons. The van der Waals surface area contributed by atoms with Crippen LogP contribution in [0.2, 0.25) is 0 Å². The normalized spacial score (nSPS) is 14.3. The second kappa shape index (κ2) is 4.04. The lowest BCUT2D eigenvalue weighted by atomic mass is 9.98. The molecule has 6 nitrogen and oxygen atoms in total. The molecule has 0 aliphatic carbocycles. The third kappa shape index (κ3) is 1.82. The van der Waals surface area contributed by atoms with E-state index in [-0.39, 0.29) is 17.2 Å². The fourth-order valence-electron chi connectivity index (χ4n) is 2.13. The number of carboxylic acids is 1. The Balaban J connectivity index is 2.69. The fraction of sp³-hybridized carbons (Fsp3) is 0.364. The highest BCUT2D eigenvalue weighted by Crippen LogP contribution is 2.25. The van der Waals surface area contributed by atoms with E-state index in [2.05, 4.69) is 4.98 Å². The van der Waals surface area contributed by atoms with Gasteiger partial charge in [0.2, 0.25) is 5.91 Å². The Morgan fingerprint density at radius 2 is 2.18 bits per heavy atom. The molecule has 2 rings (SSSR count). The molecule has 1 aliphatic heterocycles. The van der Waals surface area contributed by atoms with Gasteiger partial charge in [-0.15, -0.1) is 0 Å². The molecule has 0 bridgehead atoms. The molecule has 0 unspecified atom stereocenters. The molecule has 2 N–H and O–H groups in total. The van der Waals surface area contributed by atoms with Crippen molar-refractivity contribution in [2.24, 2.45) is 0 Å².